The summed E-state index contributed by atoms with van der Waals surface area (Å²) in [6.07, 6.45) is -1.96. The minimum atomic E-state index is -4.22. The van der Waals surface area contributed by atoms with E-state index in [9.17, 15) is 18.0 Å². The van der Waals surface area contributed by atoms with E-state index in [2.05, 4.69) is 20.6 Å². The molecule has 1 unspecified atom stereocenters. The Morgan fingerprint density at radius 1 is 1.23 bits per heavy atom. The number of anilines is 4. The van der Waals surface area contributed by atoms with E-state index >= 15 is 0 Å². The topological polar surface area (TPSA) is 73.4 Å². The Hall–Kier alpha value is -2.56. The molecule has 7 nitrogen and oxygen atoms in total. The highest BCUT2D eigenvalue weighted by Gasteiger charge is 2.42. The number of piperidine rings is 1. The number of alkyl halides is 3. The zero-order valence-corrected chi connectivity index (χ0v) is 18.0. The maximum Gasteiger partial charge on any atom is 0.393 e. The number of nitrogens with one attached hydrogen (secondary N) is 2. The van der Waals surface area contributed by atoms with Gasteiger partial charge in [0.05, 0.1) is 17.3 Å². The summed E-state index contributed by atoms with van der Waals surface area (Å²) in [6.45, 7) is 3.45. The molecule has 2 N–H and O–H groups in total. The van der Waals surface area contributed by atoms with Crippen molar-refractivity contribution in [1.82, 2.24) is 9.97 Å². The van der Waals surface area contributed by atoms with Gasteiger partial charge in [-0.2, -0.15) is 13.2 Å². The molecular formula is C20H25F3N6OS. The van der Waals surface area contributed by atoms with E-state index in [1.54, 1.807) is 21.9 Å². The molecule has 0 radical (unpaired) electrons. The third-order valence-corrected chi connectivity index (χ3v) is 6.40. The zero-order valence-electron chi connectivity index (χ0n) is 17.2. The van der Waals surface area contributed by atoms with Crippen LogP contribution in [-0.2, 0) is 0 Å². The number of urea groups is 1. The minimum Gasteiger partial charge on any atom is -0.382 e. The van der Waals surface area contributed by atoms with Crippen LogP contribution in [0.4, 0.5) is 40.4 Å². The van der Waals surface area contributed by atoms with Crippen LogP contribution < -0.4 is 20.4 Å². The second-order valence-corrected chi connectivity index (χ2v) is 8.74. The lowest BCUT2D eigenvalue weighted by molar-refractivity contribution is -0.176. The zero-order chi connectivity index (χ0) is 22.0. The number of carbonyl (C=O) groups excluding carboxylic acids is 1. The molecule has 1 fully saturated rings. The summed E-state index contributed by atoms with van der Waals surface area (Å²) < 4.78 is 39.8. The second kappa shape index (κ2) is 8.89. The number of rotatable bonds is 2. The van der Waals surface area contributed by atoms with Gasteiger partial charge in [0.15, 0.2) is 10.9 Å². The summed E-state index contributed by atoms with van der Waals surface area (Å²) in [7, 11) is 0. The van der Waals surface area contributed by atoms with Crippen molar-refractivity contribution >= 4 is 39.8 Å². The number of hydrogen-bond donors (Lipinski definition) is 2. The van der Waals surface area contributed by atoms with Crippen molar-refractivity contribution in [1.29, 1.82) is 0 Å². The second-order valence-electron chi connectivity index (χ2n) is 7.88. The number of aromatic nitrogens is 2. The first-order valence-electron chi connectivity index (χ1n) is 10.4. The van der Waals surface area contributed by atoms with E-state index in [-0.39, 0.29) is 19.0 Å². The number of thiazole rings is 1. The molecule has 2 aromatic rings. The molecule has 0 spiro atoms. The largest absolute Gasteiger partial charge is 0.393 e. The quantitative estimate of drug-likeness (QED) is 0.677. The lowest BCUT2D eigenvalue weighted by Gasteiger charge is -2.35. The van der Waals surface area contributed by atoms with Gasteiger partial charge in [0.2, 0.25) is 0 Å². The first-order chi connectivity index (χ1) is 14.8. The van der Waals surface area contributed by atoms with Crippen molar-refractivity contribution in [3.63, 3.8) is 0 Å². The molecular weight excluding hydrogens is 429 g/mol. The maximum atomic E-state index is 13.3. The van der Waals surface area contributed by atoms with Gasteiger partial charge in [-0.3, -0.25) is 10.2 Å². The number of carbonyl (C=O) groups is 1. The smallest absolute Gasteiger partial charge is 0.382 e. The molecule has 0 saturated carbocycles. The molecule has 1 atom stereocenters. The maximum absolute atomic E-state index is 13.3. The fourth-order valence-corrected chi connectivity index (χ4v) is 4.58. The van der Waals surface area contributed by atoms with Crippen molar-refractivity contribution in [3.8, 4) is 0 Å². The van der Waals surface area contributed by atoms with Crippen LogP contribution in [0.5, 0.6) is 0 Å². The Labute approximate surface area is 182 Å². The summed E-state index contributed by atoms with van der Waals surface area (Å²) in [6, 6.07) is 3.18. The van der Waals surface area contributed by atoms with Crippen molar-refractivity contribution in [3.05, 3.63) is 23.2 Å². The van der Waals surface area contributed by atoms with Gasteiger partial charge in [-0.15, -0.1) is 11.3 Å². The third-order valence-electron chi connectivity index (χ3n) is 5.53. The standard InChI is InChI=1S/C20H25F3N6OS/c1-13-12-31-18(25-13)27-19(30)29-10-3-2-8-24-15-6-7-16(26-17(15)29)28-9-4-5-14(11-28)20(21,22)23/h6-7,12,14,24H,2-5,8-11H2,1H3,(H,25,27,30). The lowest BCUT2D eigenvalue weighted by Crippen LogP contribution is -2.42. The van der Waals surface area contributed by atoms with E-state index in [0.717, 1.165) is 25.1 Å². The van der Waals surface area contributed by atoms with E-state index < -0.39 is 12.1 Å². The number of nitrogens with zero attached hydrogens (tertiary/aromatic N) is 4. The number of halogens is 3. The molecule has 0 aromatic carbocycles. The minimum absolute atomic E-state index is 0.118. The Bertz CT molecular complexity index is 934. The molecule has 2 aliphatic rings. The predicted octanol–water partition coefficient (Wildman–Crippen LogP) is 4.87. The van der Waals surface area contributed by atoms with Crippen LogP contribution >= 0.6 is 11.3 Å². The normalized spacial score (nSPS) is 19.8. The SMILES string of the molecule is Cc1csc(NC(=O)N2CCCCNc3ccc(N4CCCC(C(F)(F)F)C4)nc32)n1. The first kappa shape index (κ1) is 21.7. The highest BCUT2D eigenvalue weighted by Crippen LogP contribution is 2.36. The third kappa shape index (κ3) is 5.03. The fraction of sp³-hybridized carbons (Fsp3) is 0.550. The molecule has 2 aromatic heterocycles. The van der Waals surface area contributed by atoms with Crippen LogP contribution in [0.25, 0.3) is 0 Å². The summed E-state index contributed by atoms with van der Waals surface area (Å²) >= 11 is 1.34. The highest BCUT2D eigenvalue weighted by atomic mass is 32.1. The van der Waals surface area contributed by atoms with Crippen LogP contribution in [0, 0.1) is 12.8 Å². The van der Waals surface area contributed by atoms with Gasteiger partial charge < -0.3 is 10.2 Å². The van der Waals surface area contributed by atoms with Crippen LogP contribution in [0.3, 0.4) is 0 Å². The number of pyridine rings is 1. The van der Waals surface area contributed by atoms with Crippen molar-refractivity contribution in [2.24, 2.45) is 5.92 Å². The van der Waals surface area contributed by atoms with E-state index in [0.29, 0.717) is 42.0 Å². The number of aryl methyl sites for hydroxylation is 1. The van der Waals surface area contributed by atoms with Gasteiger partial charge in [-0.25, -0.2) is 14.8 Å². The van der Waals surface area contributed by atoms with Gasteiger partial charge in [0.1, 0.15) is 5.82 Å². The number of amides is 2. The monoisotopic (exact) mass is 454 g/mol. The molecule has 2 aliphatic heterocycles. The van der Waals surface area contributed by atoms with E-state index in [4.69, 9.17) is 0 Å². The average molecular weight is 455 g/mol. The Morgan fingerprint density at radius 2 is 2.06 bits per heavy atom. The van der Waals surface area contributed by atoms with Gasteiger partial charge >= 0.3 is 12.2 Å². The molecule has 4 heterocycles. The van der Waals surface area contributed by atoms with Crippen LogP contribution in [0.15, 0.2) is 17.5 Å². The Kier molecular flexibility index (Phi) is 6.22. The Balaban J connectivity index is 1.61. The fourth-order valence-electron chi connectivity index (χ4n) is 3.90. The molecule has 1 saturated heterocycles. The van der Waals surface area contributed by atoms with Crippen LogP contribution in [0.2, 0.25) is 0 Å². The molecule has 168 valence electrons. The van der Waals surface area contributed by atoms with Crippen LogP contribution in [0.1, 0.15) is 31.4 Å². The van der Waals surface area contributed by atoms with Crippen LogP contribution in [-0.4, -0.2) is 48.4 Å². The highest BCUT2D eigenvalue weighted by molar-refractivity contribution is 7.13. The van der Waals surface area contributed by atoms with Crippen molar-refractivity contribution < 1.29 is 18.0 Å². The molecule has 2 amide bonds. The summed E-state index contributed by atoms with van der Waals surface area (Å²) in [4.78, 5) is 25.2. The van der Waals surface area contributed by atoms with E-state index in [1.165, 1.54) is 11.3 Å². The van der Waals surface area contributed by atoms with Gasteiger partial charge in [-0.05, 0) is 44.7 Å². The van der Waals surface area contributed by atoms with Crippen molar-refractivity contribution in [2.75, 3.05) is 46.6 Å². The molecule has 31 heavy (non-hydrogen) atoms. The number of hydrogen-bond acceptors (Lipinski definition) is 6. The molecule has 0 aliphatic carbocycles. The Morgan fingerprint density at radius 3 is 2.81 bits per heavy atom. The molecule has 11 heteroatoms. The first-order valence-corrected chi connectivity index (χ1v) is 11.3. The summed E-state index contributed by atoms with van der Waals surface area (Å²) in [5.74, 6) is -0.481. The molecule has 4 rings (SSSR count). The van der Waals surface area contributed by atoms with Gasteiger partial charge in [-0.1, -0.05) is 0 Å². The van der Waals surface area contributed by atoms with E-state index in [1.807, 2.05) is 12.3 Å². The van der Waals surface area contributed by atoms with Gasteiger partial charge in [0.25, 0.3) is 0 Å². The average Bonchev–Trinajstić information content (AvgIpc) is 3.12. The summed E-state index contributed by atoms with van der Waals surface area (Å²) in [5, 5.41) is 8.45. The molecule has 0 bridgehead atoms. The summed E-state index contributed by atoms with van der Waals surface area (Å²) in [5.41, 5.74) is 1.51. The van der Waals surface area contributed by atoms with Crippen molar-refractivity contribution in [2.45, 2.75) is 38.8 Å². The predicted molar refractivity (Wildman–Crippen MR) is 116 cm³/mol. The number of fused-ring (bicyclic) bond motifs is 1. The lowest BCUT2D eigenvalue weighted by atomic mass is 9.97. The van der Waals surface area contributed by atoms with Gasteiger partial charge in [0, 0.05) is 31.6 Å².